The summed E-state index contributed by atoms with van der Waals surface area (Å²) in [6.45, 7) is 11.1. The van der Waals surface area contributed by atoms with Crippen LogP contribution < -0.4 is 0 Å². The molecular weight excluding hydrogens is 348 g/mol. The standard InChI is InChI=1S/C21H38O6/c1-6-7-8-9-10-11-12-13-22-14-15-16-17(25-20(2,3)24-16)18-19(23-15)27-21(4,5)26-18/h15-19H,6-14H2,1-5H3. The van der Waals surface area contributed by atoms with E-state index in [1.807, 2.05) is 27.7 Å². The van der Waals surface area contributed by atoms with Crippen molar-refractivity contribution in [3.8, 4) is 0 Å². The third kappa shape index (κ3) is 5.64. The second-order valence-electron chi connectivity index (χ2n) is 8.90. The van der Waals surface area contributed by atoms with Gasteiger partial charge in [-0.15, -0.1) is 0 Å². The van der Waals surface area contributed by atoms with Crippen LogP contribution in [0.2, 0.25) is 0 Å². The lowest BCUT2D eigenvalue weighted by molar-refractivity contribution is -0.243. The Balaban J connectivity index is 1.43. The first-order chi connectivity index (χ1) is 12.8. The normalized spacial score (nSPS) is 36.6. The van der Waals surface area contributed by atoms with Crippen molar-refractivity contribution in [1.82, 2.24) is 0 Å². The van der Waals surface area contributed by atoms with Gasteiger partial charge in [-0.1, -0.05) is 45.4 Å². The second kappa shape index (κ2) is 9.06. The fourth-order valence-electron chi connectivity index (χ4n) is 4.19. The molecule has 3 aliphatic heterocycles. The highest BCUT2D eigenvalue weighted by Crippen LogP contribution is 2.44. The Morgan fingerprint density at radius 3 is 2.04 bits per heavy atom. The predicted octanol–water partition coefficient (Wildman–Crippen LogP) is 4.15. The summed E-state index contributed by atoms with van der Waals surface area (Å²) in [6.07, 6.45) is 7.62. The first kappa shape index (κ1) is 21.5. The average Bonchev–Trinajstić information content (AvgIpc) is 3.07. The Morgan fingerprint density at radius 2 is 1.30 bits per heavy atom. The third-order valence-electron chi connectivity index (χ3n) is 5.43. The first-order valence-electron chi connectivity index (χ1n) is 10.8. The van der Waals surface area contributed by atoms with Crippen molar-refractivity contribution in [3.05, 3.63) is 0 Å². The van der Waals surface area contributed by atoms with Crippen LogP contribution in [0, 0.1) is 0 Å². The minimum Gasteiger partial charge on any atom is -0.379 e. The van der Waals surface area contributed by atoms with Crippen molar-refractivity contribution in [3.63, 3.8) is 0 Å². The molecule has 27 heavy (non-hydrogen) atoms. The summed E-state index contributed by atoms with van der Waals surface area (Å²) >= 11 is 0. The van der Waals surface area contributed by atoms with Gasteiger partial charge in [-0.25, -0.2) is 0 Å². The van der Waals surface area contributed by atoms with Crippen LogP contribution in [0.4, 0.5) is 0 Å². The average molecular weight is 387 g/mol. The lowest BCUT2D eigenvalue weighted by Gasteiger charge is -2.37. The number of hydrogen-bond acceptors (Lipinski definition) is 6. The van der Waals surface area contributed by atoms with Crippen molar-refractivity contribution >= 4 is 0 Å². The third-order valence-corrected chi connectivity index (χ3v) is 5.43. The molecule has 0 N–H and O–H groups in total. The summed E-state index contributed by atoms with van der Waals surface area (Å²) in [5, 5.41) is 0. The van der Waals surface area contributed by atoms with E-state index >= 15 is 0 Å². The van der Waals surface area contributed by atoms with E-state index in [0.29, 0.717) is 6.61 Å². The van der Waals surface area contributed by atoms with Gasteiger partial charge in [-0.3, -0.25) is 0 Å². The number of unbranched alkanes of at least 4 members (excludes halogenated alkanes) is 6. The summed E-state index contributed by atoms with van der Waals surface area (Å²) in [4.78, 5) is 0. The molecule has 0 aromatic carbocycles. The van der Waals surface area contributed by atoms with Crippen molar-refractivity contribution in [2.24, 2.45) is 0 Å². The minimum absolute atomic E-state index is 0.201. The molecule has 6 nitrogen and oxygen atoms in total. The summed E-state index contributed by atoms with van der Waals surface area (Å²) in [6, 6.07) is 0. The molecule has 0 saturated carbocycles. The van der Waals surface area contributed by atoms with Gasteiger partial charge in [0, 0.05) is 6.61 Å². The molecule has 0 aromatic rings. The van der Waals surface area contributed by atoms with E-state index in [9.17, 15) is 0 Å². The second-order valence-corrected chi connectivity index (χ2v) is 8.90. The zero-order chi connectivity index (χ0) is 19.5. The molecule has 3 aliphatic rings. The van der Waals surface area contributed by atoms with Crippen LogP contribution in [-0.2, 0) is 28.4 Å². The largest absolute Gasteiger partial charge is 0.379 e. The highest BCUT2D eigenvalue weighted by atomic mass is 16.9. The minimum atomic E-state index is -0.677. The maximum Gasteiger partial charge on any atom is 0.190 e. The van der Waals surface area contributed by atoms with Gasteiger partial charge in [0.1, 0.15) is 24.4 Å². The Kier molecular flexibility index (Phi) is 7.20. The molecule has 3 rings (SSSR count). The zero-order valence-electron chi connectivity index (χ0n) is 17.7. The topological polar surface area (TPSA) is 55.4 Å². The van der Waals surface area contributed by atoms with E-state index in [4.69, 9.17) is 28.4 Å². The number of ether oxygens (including phenoxy) is 6. The molecule has 158 valence electrons. The SMILES string of the molecule is CCCCCCCCCOCC1OC2OC(C)(C)OC2C2OC(C)(C)OC12. The highest BCUT2D eigenvalue weighted by Gasteiger charge is 2.60. The molecule has 0 bridgehead atoms. The molecule has 0 aliphatic carbocycles. The molecule has 0 aromatic heterocycles. The van der Waals surface area contributed by atoms with Crippen LogP contribution in [0.15, 0.2) is 0 Å². The molecule has 5 atom stereocenters. The lowest BCUT2D eigenvalue weighted by Crippen LogP contribution is -2.56. The summed E-state index contributed by atoms with van der Waals surface area (Å²) in [5.41, 5.74) is 0. The summed E-state index contributed by atoms with van der Waals surface area (Å²) < 4.78 is 36.2. The molecule has 0 spiro atoms. The predicted molar refractivity (Wildman–Crippen MR) is 101 cm³/mol. The van der Waals surface area contributed by atoms with E-state index in [0.717, 1.165) is 13.0 Å². The van der Waals surface area contributed by atoms with Crippen molar-refractivity contribution < 1.29 is 28.4 Å². The van der Waals surface area contributed by atoms with Crippen LogP contribution in [0.3, 0.4) is 0 Å². The monoisotopic (exact) mass is 386 g/mol. The van der Waals surface area contributed by atoms with Crippen molar-refractivity contribution in [2.75, 3.05) is 13.2 Å². The molecule has 6 heteroatoms. The Hall–Kier alpha value is -0.240. The molecule has 3 fully saturated rings. The van der Waals surface area contributed by atoms with E-state index in [2.05, 4.69) is 6.92 Å². The van der Waals surface area contributed by atoms with Gasteiger partial charge in [0.25, 0.3) is 0 Å². The zero-order valence-corrected chi connectivity index (χ0v) is 17.7. The maximum atomic E-state index is 6.15. The Labute approximate surface area is 164 Å². The van der Waals surface area contributed by atoms with Crippen molar-refractivity contribution in [2.45, 2.75) is 122 Å². The van der Waals surface area contributed by atoms with Crippen molar-refractivity contribution in [1.29, 1.82) is 0 Å². The van der Waals surface area contributed by atoms with E-state index < -0.39 is 17.9 Å². The molecule has 3 saturated heterocycles. The first-order valence-corrected chi connectivity index (χ1v) is 10.8. The Bertz CT molecular complexity index is 466. The fraction of sp³-hybridized carbons (Fsp3) is 1.00. The molecule has 5 unspecified atom stereocenters. The van der Waals surface area contributed by atoms with E-state index in [1.54, 1.807) is 0 Å². The van der Waals surface area contributed by atoms with Gasteiger partial charge in [0.05, 0.1) is 6.61 Å². The van der Waals surface area contributed by atoms with Crippen LogP contribution >= 0.6 is 0 Å². The highest BCUT2D eigenvalue weighted by molar-refractivity contribution is 5.00. The summed E-state index contributed by atoms with van der Waals surface area (Å²) in [5.74, 6) is -1.33. The quantitative estimate of drug-likeness (QED) is 0.526. The fourth-order valence-corrected chi connectivity index (χ4v) is 4.19. The smallest absolute Gasteiger partial charge is 0.190 e. The van der Waals surface area contributed by atoms with Gasteiger partial charge in [-0.2, -0.15) is 0 Å². The maximum absolute atomic E-state index is 6.15. The van der Waals surface area contributed by atoms with Crippen LogP contribution in [-0.4, -0.2) is 55.5 Å². The van der Waals surface area contributed by atoms with Gasteiger partial charge < -0.3 is 28.4 Å². The molecular formula is C21H38O6. The summed E-state index contributed by atoms with van der Waals surface area (Å²) in [7, 11) is 0. The lowest BCUT2D eigenvalue weighted by atomic mass is 9.99. The molecule has 0 amide bonds. The van der Waals surface area contributed by atoms with Gasteiger partial charge in [-0.05, 0) is 34.1 Å². The van der Waals surface area contributed by atoms with Crippen LogP contribution in [0.5, 0.6) is 0 Å². The van der Waals surface area contributed by atoms with Crippen LogP contribution in [0.1, 0.15) is 79.6 Å². The van der Waals surface area contributed by atoms with Crippen LogP contribution in [0.25, 0.3) is 0 Å². The number of fused-ring (bicyclic) bond motifs is 3. The Morgan fingerprint density at radius 1 is 0.704 bits per heavy atom. The van der Waals surface area contributed by atoms with Gasteiger partial charge in [0.2, 0.25) is 0 Å². The number of hydrogen-bond donors (Lipinski definition) is 0. The van der Waals surface area contributed by atoms with Gasteiger partial charge in [0.15, 0.2) is 17.9 Å². The van der Waals surface area contributed by atoms with Gasteiger partial charge >= 0.3 is 0 Å². The van der Waals surface area contributed by atoms with E-state index in [-0.39, 0.29) is 24.4 Å². The van der Waals surface area contributed by atoms with E-state index in [1.165, 1.54) is 38.5 Å². The molecule has 0 radical (unpaired) electrons. The molecule has 3 heterocycles. The number of rotatable bonds is 10.